The van der Waals surface area contributed by atoms with E-state index in [4.69, 9.17) is 5.11 Å². The number of likely N-dealkylation sites (tertiary alicyclic amines) is 1. The van der Waals surface area contributed by atoms with E-state index in [0.717, 1.165) is 16.0 Å². The van der Waals surface area contributed by atoms with Crippen molar-refractivity contribution in [2.75, 3.05) is 6.54 Å². The Morgan fingerprint density at radius 1 is 1.30 bits per heavy atom. The second-order valence-electron chi connectivity index (χ2n) is 6.84. The highest BCUT2D eigenvalue weighted by molar-refractivity contribution is 7.10. The Balaban J connectivity index is 1.62. The number of nitrogens with zero attached hydrogens (tertiary/aromatic N) is 1. The van der Waals surface area contributed by atoms with Crippen LogP contribution in [0.4, 0.5) is 0 Å². The van der Waals surface area contributed by atoms with Crippen LogP contribution in [0, 0.1) is 12.8 Å². The summed E-state index contributed by atoms with van der Waals surface area (Å²) in [6.45, 7) is 2.83. The van der Waals surface area contributed by atoms with Gasteiger partial charge in [-0.25, -0.2) is 0 Å². The highest BCUT2D eigenvalue weighted by Gasteiger charge is 2.35. The minimum absolute atomic E-state index is 0.0540. The summed E-state index contributed by atoms with van der Waals surface area (Å²) < 4.78 is 0. The molecule has 2 aromatic rings. The lowest BCUT2D eigenvalue weighted by Gasteiger charge is -2.19. The molecule has 6 nitrogen and oxygen atoms in total. The second-order valence-corrected chi connectivity index (χ2v) is 7.81. The van der Waals surface area contributed by atoms with Crippen molar-refractivity contribution in [1.29, 1.82) is 0 Å². The fraction of sp³-hybridized carbons (Fsp3) is 0.350. The fourth-order valence-electron chi connectivity index (χ4n) is 3.19. The topological polar surface area (TPSA) is 86.7 Å². The zero-order valence-corrected chi connectivity index (χ0v) is 15.9. The van der Waals surface area contributed by atoms with Crippen molar-refractivity contribution in [1.82, 2.24) is 10.2 Å². The normalized spacial score (nSPS) is 17.7. The van der Waals surface area contributed by atoms with E-state index >= 15 is 0 Å². The van der Waals surface area contributed by atoms with Gasteiger partial charge in [-0.3, -0.25) is 14.4 Å². The molecule has 3 rings (SSSR count). The van der Waals surface area contributed by atoms with Crippen LogP contribution in [0.3, 0.4) is 0 Å². The van der Waals surface area contributed by atoms with Crippen LogP contribution in [0.1, 0.15) is 34.9 Å². The quantitative estimate of drug-likeness (QED) is 0.766. The molecule has 0 radical (unpaired) electrons. The molecule has 2 unspecified atom stereocenters. The maximum absolute atomic E-state index is 12.6. The van der Waals surface area contributed by atoms with Gasteiger partial charge in [-0.05, 0) is 23.9 Å². The third-order valence-corrected chi connectivity index (χ3v) is 5.65. The molecule has 2 atom stereocenters. The number of nitrogens with one attached hydrogen (secondary N) is 1. The number of carbonyl (C=O) groups excluding carboxylic acids is 2. The minimum atomic E-state index is -0.975. The van der Waals surface area contributed by atoms with Gasteiger partial charge in [-0.15, -0.1) is 11.3 Å². The van der Waals surface area contributed by atoms with E-state index < -0.39 is 17.9 Å². The molecule has 1 fully saturated rings. The summed E-state index contributed by atoms with van der Waals surface area (Å²) in [5.74, 6) is -1.76. The van der Waals surface area contributed by atoms with Crippen LogP contribution < -0.4 is 5.32 Å². The molecule has 1 aromatic heterocycles. The SMILES string of the molecule is Cc1ccc(CN2CC(C(=O)NC(CC(=O)O)c3cccs3)CC2=O)cc1. The molecule has 0 spiro atoms. The first-order valence-corrected chi connectivity index (χ1v) is 9.69. The van der Waals surface area contributed by atoms with Crippen molar-refractivity contribution < 1.29 is 19.5 Å². The largest absolute Gasteiger partial charge is 0.481 e. The van der Waals surface area contributed by atoms with E-state index in [1.807, 2.05) is 48.7 Å². The summed E-state index contributed by atoms with van der Waals surface area (Å²) in [7, 11) is 0. The minimum Gasteiger partial charge on any atom is -0.481 e. The van der Waals surface area contributed by atoms with E-state index in [1.165, 1.54) is 11.3 Å². The smallest absolute Gasteiger partial charge is 0.305 e. The number of hydrogen-bond acceptors (Lipinski definition) is 4. The summed E-state index contributed by atoms with van der Waals surface area (Å²) in [6.07, 6.45) is -0.0259. The monoisotopic (exact) mass is 386 g/mol. The molecular formula is C20H22N2O4S. The van der Waals surface area contributed by atoms with Crippen molar-refractivity contribution in [2.45, 2.75) is 32.4 Å². The van der Waals surface area contributed by atoms with E-state index in [2.05, 4.69) is 5.32 Å². The summed E-state index contributed by atoms with van der Waals surface area (Å²) in [4.78, 5) is 38.6. The van der Waals surface area contributed by atoms with Crippen molar-refractivity contribution in [3.63, 3.8) is 0 Å². The average Bonchev–Trinajstić information content (AvgIpc) is 3.26. The lowest BCUT2D eigenvalue weighted by Crippen LogP contribution is -2.36. The zero-order valence-electron chi connectivity index (χ0n) is 15.1. The molecule has 1 aliphatic heterocycles. The summed E-state index contributed by atoms with van der Waals surface area (Å²) in [5.41, 5.74) is 2.18. The number of hydrogen-bond donors (Lipinski definition) is 2. The van der Waals surface area contributed by atoms with Crippen LogP contribution in [0.25, 0.3) is 0 Å². The molecule has 2 amide bonds. The molecule has 1 aromatic carbocycles. The maximum atomic E-state index is 12.6. The molecule has 0 bridgehead atoms. The van der Waals surface area contributed by atoms with E-state index in [9.17, 15) is 14.4 Å². The number of rotatable bonds is 7. The number of aliphatic carboxylic acids is 1. The zero-order chi connectivity index (χ0) is 19.4. The number of carboxylic acid groups (broad SMARTS) is 1. The third-order valence-electron chi connectivity index (χ3n) is 4.66. The highest BCUT2D eigenvalue weighted by atomic mass is 32.1. The molecule has 7 heteroatoms. The molecule has 2 N–H and O–H groups in total. The molecule has 0 aliphatic carbocycles. The van der Waals surface area contributed by atoms with Crippen molar-refractivity contribution >= 4 is 29.1 Å². The van der Waals surface area contributed by atoms with E-state index in [0.29, 0.717) is 13.1 Å². The number of benzene rings is 1. The molecule has 1 saturated heterocycles. The van der Waals surface area contributed by atoms with Crippen LogP contribution >= 0.6 is 11.3 Å². The van der Waals surface area contributed by atoms with Gasteiger partial charge in [0.1, 0.15) is 0 Å². The van der Waals surface area contributed by atoms with Crippen LogP contribution in [0.15, 0.2) is 41.8 Å². The summed E-state index contributed by atoms with van der Waals surface area (Å²) in [6, 6.07) is 11.0. The molecule has 27 heavy (non-hydrogen) atoms. The Bertz CT molecular complexity index is 817. The Labute approximate surface area is 161 Å². The predicted octanol–water partition coefficient (Wildman–Crippen LogP) is 2.74. The number of amides is 2. The Morgan fingerprint density at radius 2 is 2.04 bits per heavy atom. The Kier molecular flexibility index (Phi) is 5.91. The van der Waals surface area contributed by atoms with Crippen LogP contribution in [-0.4, -0.2) is 34.3 Å². The van der Waals surface area contributed by atoms with Gasteiger partial charge in [0.2, 0.25) is 11.8 Å². The Hall–Kier alpha value is -2.67. The van der Waals surface area contributed by atoms with Crippen LogP contribution in [0.2, 0.25) is 0 Å². The van der Waals surface area contributed by atoms with Crippen LogP contribution in [0.5, 0.6) is 0 Å². The number of aryl methyl sites for hydroxylation is 1. The van der Waals surface area contributed by atoms with E-state index in [-0.39, 0.29) is 24.7 Å². The number of carboxylic acids is 1. The Morgan fingerprint density at radius 3 is 2.67 bits per heavy atom. The first-order valence-electron chi connectivity index (χ1n) is 8.81. The van der Waals surface area contributed by atoms with Gasteiger partial charge >= 0.3 is 5.97 Å². The molecular weight excluding hydrogens is 364 g/mol. The second kappa shape index (κ2) is 8.35. The van der Waals surface area contributed by atoms with Gasteiger partial charge in [0, 0.05) is 24.4 Å². The number of thiophene rings is 1. The van der Waals surface area contributed by atoms with Gasteiger partial charge in [0.25, 0.3) is 0 Å². The molecule has 1 aliphatic rings. The third kappa shape index (κ3) is 4.95. The first-order chi connectivity index (χ1) is 12.9. The molecule has 0 saturated carbocycles. The average molecular weight is 386 g/mol. The van der Waals surface area contributed by atoms with Gasteiger partial charge in [0.15, 0.2) is 0 Å². The number of carbonyl (C=O) groups is 3. The lowest BCUT2D eigenvalue weighted by molar-refractivity contribution is -0.138. The predicted molar refractivity (Wildman–Crippen MR) is 102 cm³/mol. The summed E-state index contributed by atoms with van der Waals surface area (Å²) >= 11 is 1.41. The van der Waals surface area contributed by atoms with Gasteiger partial charge in [-0.2, -0.15) is 0 Å². The first kappa shape index (κ1) is 19.1. The van der Waals surface area contributed by atoms with Crippen molar-refractivity contribution in [3.8, 4) is 0 Å². The summed E-state index contributed by atoms with van der Waals surface area (Å²) in [5, 5.41) is 13.8. The maximum Gasteiger partial charge on any atom is 0.305 e. The van der Waals surface area contributed by atoms with Gasteiger partial charge < -0.3 is 15.3 Å². The molecule has 142 valence electrons. The van der Waals surface area contributed by atoms with Gasteiger partial charge in [-0.1, -0.05) is 35.9 Å². The lowest BCUT2D eigenvalue weighted by atomic mass is 10.1. The standard InChI is InChI=1S/C20H22N2O4S/c1-13-4-6-14(7-5-13)11-22-12-15(9-18(22)23)20(26)21-16(10-19(24)25)17-3-2-8-27-17/h2-8,15-16H,9-12H2,1H3,(H,21,26)(H,24,25). The van der Waals surface area contributed by atoms with E-state index in [1.54, 1.807) is 4.90 Å². The van der Waals surface area contributed by atoms with Crippen molar-refractivity contribution in [2.24, 2.45) is 5.92 Å². The van der Waals surface area contributed by atoms with Crippen LogP contribution in [-0.2, 0) is 20.9 Å². The van der Waals surface area contributed by atoms with Gasteiger partial charge in [0.05, 0.1) is 18.4 Å². The van der Waals surface area contributed by atoms with Crippen molar-refractivity contribution in [3.05, 3.63) is 57.8 Å². The fourth-order valence-corrected chi connectivity index (χ4v) is 3.97. The molecule has 2 heterocycles. The highest BCUT2D eigenvalue weighted by Crippen LogP contribution is 2.25.